The molecule has 2 atom stereocenters. The van der Waals surface area contributed by atoms with Crippen LogP contribution >= 0.6 is 0 Å². The van der Waals surface area contributed by atoms with Gasteiger partial charge in [0.25, 0.3) is 0 Å². The van der Waals surface area contributed by atoms with Crippen molar-refractivity contribution in [2.45, 2.75) is 77.9 Å². The van der Waals surface area contributed by atoms with Crippen molar-refractivity contribution in [3.8, 4) is 11.3 Å². The summed E-state index contributed by atoms with van der Waals surface area (Å²) < 4.78 is 27.3. The minimum absolute atomic E-state index is 0.0621. The maximum Gasteiger partial charge on any atom is 0.243 e. The zero-order chi connectivity index (χ0) is 26.2. The van der Waals surface area contributed by atoms with Crippen LogP contribution in [0, 0.1) is 17.6 Å². The van der Waals surface area contributed by atoms with E-state index < -0.39 is 17.7 Å². The van der Waals surface area contributed by atoms with Crippen molar-refractivity contribution < 1.29 is 18.4 Å². The van der Waals surface area contributed by atoms with Gasteiger partial charge in [-0.15, -0.1) is 0 Å². The third-order valence-corrected chi connectivity index (χ3v) is 6.53. The number of hydrogen-bond donors (Lipinski definition) is 3. The number of benzene rings is 1. The second-order valence-electron chi connectivity index (χ2n) is 9.95. The Kier molecular flexibility index (Phi) is 9.61. The van der Waals surface area contributed by atoms with Gasteiger partial charge in [0.2, 0.25) is 11.8 Å². The number of aromatic amines is 1. The van der Waals surface area contributed by atoms with Crippen LogP contribution in [0.25, 0.3) is 11.3 Å². The quantitative estimate of drug-likeness (QED) is 0.417. The van der Waals surface area contributed by atoms with E-state index in [0.29, 0.717) is 36.3 Å². The fourth-order valence-corrected chi connectivity index (χ4v) is 4.41. The molecule has 1 aromatic carbocycles. The average Bonchev–Trinajstić information content (AvgIpc) is 3.29. The van der Waals surface area contributed by atoms with Gasteiger partial charge in [-0.3, -0.25) is 9.59 Å². The van der Waals surface area contributed by atoms with E-state index in [0.717, 1.165) is 37.6 Å². The normalized spacial score (nSPS) is 16.6. The smallest absolute Gasteiger partial charge is 0.243 e. The molecule has 1 saturated heterocycles. The lowest BCUT2D eigenvalue weighted by molar-refractivity contribution is -0.129. The number of amides is 2. The van der Waals surface area contributed by atoms with Crippen molar-refractivity contribution in [3.05, 3.63) is 54.1 Å². The number of hydrogen-bond acceptors (Lipinski definition) is 4. The number of likely N-dealkylation sites (tertiary alicyclic amines) is 1. The summed E-state index contributed by atoms with van der Waals surface area (Å²) in [6, 6.07) is 2.88. The van der Waals surface area contributed by atoms with Gasteiger partial charge in [0, 0.05) is 42.8 Å². The van der Waals surface area contributed by atoms with E-state index in [9.17, 15) is 18.4 Å². The Morgan fingerprint density at radius 2 is 2.06 bits per heavy atom. The first-order valence-corrected chi connectivity index (χ1v) is 12.6. The number of rotatable bonds is 11. The number of aromatic nitrogens is 2. The molecule has 0 radical (unpaired) electrons. The van der Waals surface area contributed by atoms with Gasteiger partial charge in [-0.1, -0.05) is 20.4 Å². The molecule has 7 nitrogen and oxygen atoms in total. The maximum atomic E-state index is 14.1. The summed E-state index contributed by atoms with van der Waals surface area (Å²) in [7, 11) is 0. The van der Waals surface area contributed by atoms with Crippen LogP contribution in [0.2, 0.25) is 0 Å². The molecule has 0 aliphatic carbocycles. The average molecular weight is 502 g/mol. The van der Waals surface area contributed by atoms with E-state index in [2.05, 4.69) is 39.0 Å². The van der Waals surface area contributed by atoms with Crippen LogP contribution in [0.4, 0.5) is 8.78 Å². The monoisotopic (exact) mass is 501 g/mol. The summed E-state index contributed by atoms with van der Waals surface area (Å²) in [5.41, 5.74) is 1.39. The molecule has 9 heteroatoms. The van der Waals surface area contributed by atoms with Gasteiger partial charge in [0.05, 0.1) is 18.4 Å². The standard InChI is InChI=1S/C27H37F2N5O2/c1-17(2)8-11-26(35)33-23(13-19(4)34-12-6-5-7-18(34)3)27(36)31-16-25-30-15-24(32-25)21-10-9-20(28)14-22(21)29/h9-10,14-15,17-18,23H,4-8,11-13,16H2,1-3H3,(H,30,32)(H,31,36)(H,33,35)/t18-,23-/m0/s1. The molecule has 0 spiro atoms. The number of H-pyrrole nitrogens is 1. The first-order valence-electron chi connectivity index (χ1n) is 12.6. The van der Waals surface area contributed by atoms with E-state index in [1.54, 1.807) is 0 Å². The van der Waals surface area contributed by atoms with Crippen LogP contribution in [0.1, 0.15) is 65.1 Å². The van der Waals surface area contributed by atoms with Gasteiger partial charge < -0.3 is 20.5 Å². The summed E-state index contributed by atoms with van der Waals surface area (Å²) in [6.07, 6.45) is 6.16. The molecule has 1 aliphatic heterocycles. The van der Waals surface area contributed by atoms with Gasteiger partial charge in [-0.25, -0.2) is 13.8 Å². The topological polar surface area (TPSA) is 90.1 Å². The number of halogens is 2. The number of carbonyl (C=O) groups excluding carboxylic acids is 2. The highest BCUT2D eigenvalue weighted by molar-refractivity contribution is 5.87. The molecule has 196 valence electrons. The van der Waals surface area contributed by atoms with Gasteiger partial charge in [0.15, 0.2) is 0 Å². The predicted molar refractivity (Wildman–Crippen MR) is 136 cm³/mol. The minimum Gasteiger partial charge on any atom is -0.373 e. The lowest BCUT2D eigenvalue weighted by Crippen LogP contribution is -2.48. The van der Waals surface area contributed by atoms with Crippen molar-refractivity contribution in [1.82, 2.24) is 25.5 Å². The van der Waals surface area contributed by atoms with Gasteiger partial charge in [0.1, 0.15) is 23.5 Å². The summed E-state index contributed by atoms with van der Waals surface area (Å²) >= 11 is 0. The lowest BCUT2D eigenvalue weighted by atomic mass is 10.0. The van der Waals surface area contributed by atoms with E-state index in [-0.39, 0.29) is 23.9 Å². The van der Waals surface area contributed by atoms with Crippen molar-refractivity contribution in [2.75, 3.05) is 6.54 Å². The first-order chi connectivity index (χ1) is 17.1. The zero-order valence-corrected chi connectivity index (χ0v) is 21.4. The van der Waals surface area contributed by atoms with Crippen molar-refractivity contribution in [1.29, 1.82) is 0 Å². The van der Waals surface area contributed by atoms with Gasteiger partial charge >= 0.3 is 0 Å². The Bertz CT molecular complexity index is 1070. The molecule has 2 aromatic rings. The fourth-order valence-electron chi connectivity index (χ4n) is 4.41. The number of imidazole rings is 1. The van der Waals surface area contributed by atoms with Crippen molar-refractivity contribution in [3.63, 3.8) is 0 Å². The Balaban J connectivity index is 1.65. The Morgan fingerprint density at radius 3 is 2.75 bits per heavy atom. The molecule has 36 heavy (non-hydrogen) atoms. The van der Waals surface area contributed by atoms with Crippen LogP contribution in [-0.4, -0.2) is 45.3 Å². The highest BCUT2D eigenvalue weighted by Gasteiger charge is 2.26. The molecule has 3 N–H and O–H groups in total. The lowest BCUT2D eigenvalue weighted by Gasteiger charge is -2.37. The third kappa shape index (κ3) is 7.63. The van der Waals surface area contributed by atoms with Crippen LogP contribution in [0.15, 0.2) is 36.7 Å². The van der Waals surface area contributed by atoms with Gasteiger partial charge in [-0.2, -0.15) is 0 Å². The van der Waals surface area contributed by atoms with Crippen LogP contribution in [0.3, 0.4) is 0 Å². The molecule has 0 saturated carbocycles. The van der Waals surface area contributed by atoms with E-state index in [4.69, 9.17) is 0 Å². The van der Waals surface area contributed by atoms with Crippen LogP contribution in [0.5, 0.6) is 0 Å². The minimum atomic E-state index is -0.768. The second kappa shape index (κ2) is 12.6. The molecular formula is C27H37F2N5O2. The first kappa shape index (κ1) is 27.4. The molecule has 1 aromatic heterocycles. The Hall–Kier alpha value is -3.23. The SMILES string of the molecule is C=C(C[C@H](NC(=O)CCC(C)C)C(=O)NCc1ncc(-c2ccc(F)cc2F)[nH]1)N1CCCC[C@@H]1C. The van der Waals surface area contributed by atoms with E-state index in [1.807, 2.05) is 13.8 Å². The third-order valence-electron chi connectivity index (χ3n) is 6.53. The van der Waals surface area contributed by atoms with Crippen molar-refractivity contribution in [2.24, 2.45) is 5.92 Å². The molecule has 0 unspecified atom stereocenters. The Labute approximate surface area is 211 Å². The Morgan fingerprint density at radius 1 is 1.28 bits per heavy atom. The van der Waals surface area contributed by atoms with E-state index >= 15 is 0 Å². The highest BCUT2D eigenvalue weighted by atomic mass is 19.1. The molecule has 1 fully saturated rings. The predicted octanol–water partition coefficient (Wildman–Crippen LogP) is 4.67. The number of piperidine rings is 1. The van der Waals surface area contributed by atoms with Crippen molar-refractivity contribution >= 4 is 11.8 Å². The maximum absolute atomic E-state index is 14.1. The fraction of sp³-hybridized carbons (Fsp3) is 0.519. The van der Waals surface area contributed by atoms with Gasteiger partial charge in [-0.05, 0) is 50.7 Å². The summed E-state index contributed by atoms with van der Waals surface area (Å²) in [6.45, 7) is 11.4. The highest BCUT2D eigenvalue weighted by Crippen LogP contribution is 2.24. The van der Waals surface area contributed by atoms with Crippen LogP contribution < -0.4 is 10.6 Å². The number of carbonyl (C=O) groups is 2. The molecule has 2 amide bonds. The molecule has 2 heterocycles. The summed E-state index contributed by atoms with van der Waals surface area (Å²) in [5, 5.41) is 5.70. The molecule has 3 rings (SSSR count). The second-order valence-corrected chi connectivity index (χ2v) is 9.95. The largest absolute Gasteiger partial charge is 0.373 e. The number of nitrogens with zero attached hydrogens (tertiary/aromatic N) is 2. The van der Waals surface area contributed by atoms with Crippen LogP contribution in [-0.2, 0) is 16.1 Å². The molecule has 1 aliphatic rings. The molecule has 0 bridgehead atoms. The summed E-state index contributed by atoms with van der Waals surface area (Å²) in [5.74, 6) is -1.09. The number of nitrogens with one attached hydrogen (secondary N) is 3. The zero-order valence-electron chi connectivity index (χ0n) is 21.4. The summed E-state index contributed by atoms with van der Waals surface area (Å²) in [4.78, 5) is 35.1. The molecular weight excluding hydrogens is 464 g/mol. The van der Waals surface area contributed by atoms with E-state index in [1.165, 1.54) is 24.8 Å².